The van der Waals surface area contributed by atoms with Crippen LogP contribution >= 0.6 is 0 Å². The molecule has 1 aliphatic rings. The first-order chi connectivity index (χ1) is 11.8. The van der Waals surface area contributed by atoms with E-state index in [1.807, 2.05) is 24.3 Å². The minimum atomic E-state index is -4.40. The number of hydrogen-bond acceptors (Lipinski definition) is 2. The van der Waals surface area contributed by atoms with Crippen molar-refractivity contribution in [3.8, 4) is 0 Å². The summed E-state index contributed by atoms with van der Waals surface area (Å²) in [6.45, 7) is 0.112. The van der Waals surface area contributed by atoms with Crippen LogP contribution in [-0.2, 0) is 30.2 Å². The molecule has 0 saturated carbocycles. The number of amides is 1. The van der Waals surface area contributed by atoms with Crippen LogP contribution in [0, 0.1) is 0 Å². The van der Waals surface area contributed by atoms with Gasteiger partial charge in [0.1, 0.15) is 5.54 Å². The van der Waals surface area contributed by atoms with Crippen LogP contribution in [0.25, 0.3) is 0 Å². The lowest BCUT2D eigenvalue weighted by Crippen LogP contribution is -2.55. The molecule has 0 unspecified atom stereocenters. The normalized spacial score (nSPS) is 15.7. The van der Waals surface area contributed by atoms with Crippen LogP contribution in [0.15, 0.2) is 48.5 Å². The number of nitrogens with one attached hydrogen (secondary N) is 1. The Kier molecular flexibility index (Phi) is 4.56. The Hall–Kier alpha value is -2.34. The maximum Gasteiger partial charge on any atom is 0.416 e. The second-order valence-corrected chi connectivity index (χ2v) is 6.44. The first kappa shape index (κ1) is 17.5. The van der Waals surface area contributed by atoms with Crippen molar-refractivity contribution in [2.45, 2.75) is 31.0 Å². The summed E-state index contributed by atoms with van der Waals surface area (Å²) < 4.78 is 39.0. The highest BCUT2D eigenvalue weighted by Crippen LogP contribution is 2.32. The summed E-state index contributed by atoms with van der Waals surface area (Å²) in [6, 6.07) is 13.1. The van der Waals surface area contributed by atoms with Crippen molar-refractivity contribution in [1.82, 2.24) is 5.32 Å². The van der Waals surface area contributed by atoms with Crippen molar-refractivity contribution in [3.05, 3.63) is 70.8 Å². The van der Waals surface area contributed by atoms with Gasteiger partial charge in [-0.25, -0.2) is 0 Å². The summed E-state index contributed by atoms with van der Waals surface area (Å²) in [5.74, 6) is -0.326. The van der Waals surface area contributed by atoms with Crippen LogP contribution in [0.4, 0.5) is 13.2 Å². The zero-order valence-corrected chi connectivity index (χ0v) is 13.6. The summed E-state index contributed by atoms with van der Waals surface area (Å²) in [5, 5.41) is 2.70. The molecule has 3 nitrogen and oxygen atoms in total. The van der Waals surface area contributed by atoms with Gasteiger partial charge in [0.05, 0.1) is 5.56 Å². The standard InChI is InChI=1S/C19H19F3N2O/c20-19(21,22)16-8-4-3-5-13(16)9-10-24-17(25)18(23)11-14-6-1-2-7-15(14)12-18/h1-8H,9-12,23H2,(H,24,25). The fraction of sp³-hybridized carbons (Fsp3) is 0.316. The highest BCUT2D eigenvalue weighted by molar-refractivity contribution is 5.88. The predicted molar refractivity (Wildman–Crippen MR) is 88.9 cm³/mol. The zero-order chi connectivity index (χ0) is 18.1. The van der Waals surface area contributed by atoms with Gasteiger partial charge in [0.2, 0.25) is 5.91 Å². The average molecular weight is 348 g/mol. The molecule has 3 rings (SSSR count). The lowest BCUT2D eigenvalue weighted by atomic mass is 9.96. The van der Waals surface area contributed by atoms with Crippen molar-refractivity contribution in [1.29, 1.82) is 0 Å². The Labute approximate surface area is 144 Å². The average Bonchev–Trinajstić information content (AvgIpc) is 2.92. The van der Waals surface area contributed by atoms with E-state index in [2.05, 4.69) is 5.32 Å². The number of fused-ring (bicyclic) bond motifs is 1. The molecule has 6 heteroatoms. The number of carbonyl (C=O) groups excluding carboxylic acids is 1. The van der Waals surface area contributed by atoms with Gasteiger partial charge >= 0.3 is 6.18 Å². The molecule has 0 radical (unpaired) electrons. The second kappa shape index (κ2) is 6.52. The van der Waals surface area contributed by atoms with Gasteiger partial charge < -0.3 is 11.1 Å². The van der Waals surface area contributed by atoms with Gasteiger partial charge in [-0.3, -0.25) is 4.79 Å². The summed E-state index contributed by atoms with van der Waals surface area (Å²) >= 11 is 0. The number of benzene rings is 2. The van der Waals surface area contributed by atoms with Crippen LogP contribution in [0.5, 0.6) is 0 Å². The van der Waals surface area contributed by atoms with Crippen LogP contribution < -0.4 is 11.1 Å². The number of nitrogens with two attached hydrogens (primary N) is 1. The Morgan fingerprint density at radius 3 is 2.20 bits per heavy atom. The van der Waals surface area contributed by atoms with E-state index in [1.165, 1.54) is 12.1 Å². The minimum absolute atomic E-state index is 0.102. The molecule has 0 bridgehead atoms. The monoisotopic (exact) mass is 348 g/mol. The molecule has 0 aromatic heterocycles. The molecule has 0 aliphatic heterocycles. The molecule has 1 aliphatic carbocycles. The highest BCUT2D eigenvalue weighted by atomic mass is 19.4. The number of alkyl halides is 3. The summed E-state index contributed by atoms with van der Waals surface area (Å²) in [7, 11) is 0. The van der Waals surface area contributed by atoms with E-state index < -0.39 is 17.3 Å². The van der Waals surface area contributed by atoms with E-state index in [-0.39, 0.29) is 24.4 Å². The van der Waals surface area contributed by atoms with E-state index in [0.717, 1.165) is 17.2 Å². The van der Waals surface area contributed by atoms with Crippen LogP contribution in [0.1, 0.15) is 22.3 Å². The van der Waals surface area contributed by atoms with E-state index >= 15 is 0 Å². The molecule has 0 spiro atoms. The fourth-order valence-electron chi connectivity index (χ4n) is 3.31. The SMILES string of the molecule is NC1(C(=O)NCCc2ccccc2C(F)(F)F)Cc2ccccc2C1. The van der Waals surface area contributed by atoms with Gasteiger partial charge in [-0.05, 0) is 42.0 Å². The molecule has 0 atom stereocenters. The zero-order valence-electron chi connectivity index (χ0n) is 13.6. The maximum atomic E-state index is 13.0. The van der Waals surface area contributed by atoms with Gasteiger partial charge in [-0.2, -0.15) is 13.2 Å². The Balaban J connectivity index is 1.61. The van der Waals surface area contributed by atoms with Crippen LogP contribution in [0.2, 0.25) is 0 Å². The summed E-state index contributed by atoms with van der Waals surface area (Å²) in [4.78, 5) is 12.4. The Morgan fingerprint density at radius 1 is 1.04 bits per heavy atom. The lowest BCUT2D eigenvalue weighted by molar-refractivity contribution is -0.138. The Morgan fingerprint density at radius 2 is 1.60 bits per heavy atom. The molecule has 2 aromatic carbocycles. The van der Waals surface area contributed by atoms with E-state index in [4.69, 9.17) is 5.73 Å². The maximum absolute atomic E-state index is 13.0. The minimum Gasteiger partial charge on any atom is -0.354 e. The van der Waals surface area contributed by atoms with Crippen LogP contribution in [-0.4, -0.2) is 18.0 Å². The smallest absolute Gasteiger partial charge is 0.354 e. The second-order valence-electron chi connectivity index (χ2n) is 6.44. The summed E-state index contributed by atoms with van der Waals surface area (Å²) in [5.41, 5.74) is 6.79. The quantitative estimate of drug-likeness (QED) is 0.893. The van der Waals surface area contributed by atoms with Crippen molar-refractivity contribution in [3.63, 3.8) is 0 Å². The fourth-order valence-corrected chi connectivity index (χ4v) is 3.31. The molecule has 1 amide bonds. The van der Waals surface area contributed by atoms with Crippen molar-refractivity contribution in [2.75, 3.05) is 6.54 Å². The molecule has 3 N–H and O–H groups in total. The van der Waals surface area contributed by atoms with Crippen molar-refractivity contribution in [2.24, 2.45) is 5.73 Å². The van der Waals surface area contributed by atoms with E-state index in [1.54, 1.807) is 6.07 Å². The Bertz CT molecular complexity index is 761. The third-order valence-electron chi connectivity index (χ3n) is 4.59. The first-order valence-corrected chi connectivity index (χ1v) is 8.09. The number of halogens is 3. The van der Waals surface area contributed by atoms with Gasteiger partial charge in [0.25, 0.3) is 0 Å². The first-order valence-electron chi connectivity index (χ1n) is 8.09. The number of rotatable bonds is 4. The topological polar surface area (TPSA) is 55.1 Å². The van der Waals surface area contributed by atoms with E-state index in [0.29, 0.717) is 12.8 Å². The molecule has 132 valence electrons. The van der Waals surface area contributed by atoms with Crippen molar-refractivity contribution < 1.29 is 18.0 Å². The van der Waals surface area contributed by atoms with Crippen molar-refractivity contribution >= 4 is 5.91 Å². The molecular weight excluding hydrogens is 329 g/mol. The summed E-state index contributed by atoms with van der Waals surface area (Å²) in [6.07, 6.45) is -3.42. The van der Waals surface area contributed by atoms with Gasteiger partial charge in [0, 0.05) is 6.54 Å². The molecular formula is C19H19F3N2O. The lowest BCUT2D eigenvalue weighted by Gasteiger charge is -2.22. The van der Waals surface area contributed by atoms with E-state index in [9.17, 15) is 18.0 Å². The third kappa shape index (κ3) is 3.69. The molecule has 0 heterocycles. The van der Waals surface area contributed by atoms with Gasteiger partial charge in [0.15, 0.2) is 0 Å². The molecule has 2 aromatic rings. The van der Waals surface area contributed by atoms with Gasteiger partial charge in [-0.1, -0.05) is 42.5 Å². The number of carbonyl (C=O) groups is 1. The molecule has 0 saturated heterocycles. The number of hydrogen-bond donors (Lipinski definition) is 2. The van der Waals surface area contributed by atoms with Crippen LogP contribution in [0.3, 0.4) is 0 Å². The third-order valence-corrected chi connectivity index (χ3v) is 4.59. The van der Waals surface area contributed by atoms with Gasteiger partial charge in [-0.15, -0.1) is 0 Å². The largest absolute Gasteiger partial charge is 0.416 e. The molecule has 0 fully saturated rings. The highest BCUT2D eigenvalue weighted by Gasteiger charge is 2.40. The predicted octanol–water partition coefficient (Wildman–Crippen LogP) is 2.86. The molecule has 25 heavy (non-hydrogen) atoms.